The van der Waals surface area contributed by atoms with Crippen LogP contribution in [0.1, 0.15) is 39.4 Å². The smallest absolute Gasteiger partial charge is 0.294 e. The Kier molecular flexibility index (Phi) is 10.00. The first kappa shape index (κ1) is 35.0. The number of carbonyl (C=O) groups excluding carboxylic acids is 4. The number of halogens is 2. The Morgan fingerprint density at radius 1 is 1.06 bits per heavy atom. The monoisotopic (exact) mass is 678 g/mol. The summed E-state index contributed by atoms with van der Waals surface area (Å²) < 4.78 is 41.7. The van der Waals surface area contributed by atoms with E-state index in [4.69, 9.17) is 14.7 Å². The molecule has 1 aromatic heterocycles. The summed E-state index contributed by atoms with van der Waals surface area (Å²) in [5.41, 5.74) is 0.254. The quantitative estimate of drug-likeness (QED) is 0.269. The number of nitrogens with zero attached hydrogens (tertiary/aromatic N) is 6. The molecule has 0 bridgehead atoms. The highest BCUT2D eigenvalue weighted by molar-refractivity contribution is 6.03. The molecule has 0 spiro atoms. The molecule has 15 heteroatoms. The minimum atomic E-state index is -1.26. The first-order valence-corrected chi connectivity index (χ1v) is 15.7. The van der Waals surface area contributed by atoms with Crippen molar-refractivity contribution in [3.05, 3.63) is 65.1 Å². The summed E-state index contributed by atoms with van der Waals surface area (Å²) in [4.78, 5) is 58.9. The number of carbonyl (C=O) groups is 4. The van der Waals surface area contributed by atoms with E-state index in [1.165, 1.54) is 29.9 Å². The Morgan fingerprint density at radius 2 is 1.73 bits per heavy atom. The molecule has 13 nitrogen and oxygen atoms in total. The van der Waals surface area contributed by atoms with Crippen LogP contribution in [0.2, 0.25) is 0 Å². The zero-order valence-corrected chi connectivity index (χ0v) is 27.8. The molecule has 258 valence electrons. The molecule has 0 atom stereocenters. The summed E-state index contributed by atoms with van der Waals surface area (Å²) in [5.74, 6) is -4.00. The lowest BCUT2D eigenvalue weighted by atomic mass is 9.88. The van der Waals surface area contributed by atoms with E-state index < -0.39 is 35.5 Å². The fourth-order valence-corrected chi connectivity index (χ4v) is 6.24. The SMILES string of the molecule is Cc1cc(NC(=O)c2ncc(-c3ccc(OCC#N)c(F)c3F)n2C)ccc1C(=O)N1CCN(C(=O)C2(OC=O)CC[N+](C)(C)CC2)CC1. The maximum absolute atomic E-state index is 14.8. The molecule has 0 saturated carbocycles. The molecule has 1 N–H and O–H groups in total. The van der Waals surface area contributed by atoms with Gasteiger partial charge in [0, 0.05) is 62.9 Å². The van der Waals surface area contributed by atoms with Gasteiger partial charge in [0.15, 0.2) is 24.0 Å². The predicted molar refractivity (Wildman–Crippen MR) is 172 cm³/mol. The summed E-state index contributed by atoms with van der Waals surface area (Å²) in [5, 5.41) is 11.4. The molecule has 49 heavy (non-hydrogen) atoms. The van der Waals surface area contributed by atoms with Crippen LogP contribution in [0, 0.1) is 29.9 Å². The summed E-state index contributed by atoms with van der Waals surface area (Å²) in [6.07, 6.45) is 2.12. The van der Waals surface area contributed by atoms with E-state index in [0.717, 1.165) is 4.48 Å². The molecule has 3 heterocycles. The van der Waals surface area contributed by atoms with E-state index >= 15 is 0 Å². The Bertz CT molecular complexity index is 1820. The number of anilines is 1. The number of piperidine rings is 1. The Morgan fingerprint density at radius 3 is 2.37 bits per heavy atom. The number of nitrogens with one attached hydrogen (secondary N) is 1. The molecule has 5 rings (SSSR count). The highest BCUT2D eigenvalue weighted by Crippen LogP contribution is 2.32. The highest BCUT2D eigenvalue weighted by Gasteiger charge is 2.49. The van der Waals surface area contributed by atoms with Crippen LogP contribution in [-0.2, 0) is 21.4 Å². The maximum Gasteiger partial charge on any atom is 0.294 e. The number of likely N-dealkylation sites (tertiary alicyclic amines) is 1. The lowest BCUT2D eigenvalue weighted by molar-refractivity contribution is -0.896. The average molecular weight is 679 g/mol. The van der Waals surface area contributed by atoms with Crippen LogP contribution in [0.25, 0.3) is 11.3 Å². The summed E-state index contributed by atoms with van der Waals surface area (Å²) >= 11 is 0. The normalized spacial score (nSPS) is 16.8. The third-order valence-electron chi connectivity index (χ3n) is 9.28. The van der Waals surface area contributed by atoms with Crippen molar-refractivity contribution in [1.82, 2.24) is 19.4 Å². The van der Waals surface area contributed by atoms with E-state index in [0.29, 0.717) is 75.4 Å². The second kappa shape index (κ2) is 14.0. The molecule has 0 radical (unpaired) electrons. The van der Waals surface area contributed by atoms with Crippen molar-refractivity contribution in [1.29, 1.82) is 5.26 Å². The number of ether oxygens (including phenoxy) is 2. The van der Waals surface area contributed by atoms with Crippen molar-refractivity contribution in [2.45, 2.75) is 25.4 Å². The maximum atomic E-state index is 14.8. The van der Waals surface area contributed by atoms with Gasteiger partial charge in [-0.3, -0.25) is 19.2 Å². The van der Waals surface area contributed by atoms with Gasteiger partial charge >= 0.3 is 0 Å². The predicted octanol–water partition coefficient (Wildman–Crippen LogP) is 2.89. The lowest BCUT2D eigenvalue weighted by Crippen LogP contribution is -2.62. The fraction of sp³-hybridized carbons (Fsp3) is 0.412. The third-order valence-corrected chi connectivity index (χ3v) is 9.28. The highest BCUT2D eigenvalue weighted by atomic mass is 19.2. The van der Waals surface area contributed by atoms with Gasteiger partial charge < -0.3 is 33.6 Å². The van der Waals surface area contributed by atoms with Crippen molar-refractivity contribution < 1.29 is 41.9 Å². The Labute approximate surface area is 282 Å². The van der Waals surface area contributed by atoms with Crippen LogP contribution in [0.3, 0.4) is 0 Å². The third kappa shape index (κ3) is 7.09. The van der Waals surface area contributed by atoms with E-state index in [1.807, 2.05) is 0 Å². The van der Waals surface area contributed by atoms with E-state index in [2.05, 4.69) is 24.4 Å². The van der Waals surface area contributed by atoms with Gasteiger partial charge in [-0.2, -0.15) is 9.65 Å². The molecular formula is C34H38F2N7O6+. The van der Waals surface area contributed by atoms with Gasteiger partial charge in [-0.15, -0.1) is 0 Å². The van der Waals surface area contributed by atoms with Crippen molar-refractivity contribution in [2.75, 3.05) is 65.3 Å². The van der Waals surface area contributed by atoms with Gasteiger partial charge in [0.2, 0.25) is 11.4 Å². The molecule has 2 saturated heterocycles. The first-order chi connectivity index (χ1) is 23.3. The van der Waals surface area contributed by atoms with Crippen LogP contribution in [0.5, 0.6) is 5.75 Å². The molecule has 2 aromatic carbocycles. The standard InChI is InChI=1S/C34H37F2N7O6/c1-22-19-23(39-31(45)30-38-20-26(40(30)2)25-7-8-27(48-18-11-37)29(36)28(25)35)5-6-24(22)32(46)41-12-14-42(15-13-41)33(47)34(49-21-44)9-16-43(3,4)17-10-34/h5-8,19-21H,9-10,12-18H2,1-4H3/p+1. The number of amides is 3. The number of hydrogen-bond acceptors (Lipinski definition) is 8. The van der Waals surface area contributed by atoms with Gasteiger partial charge in [-0.1, -0.05) is 0 Å². The molecule has 0 aliphatic carbocycles. The molecule has 2 fully saturated rings. The first-order valence-electron chi connectivity index (χ1n) is 15.7. The van der Waals surface area contributed by atoms with Crippen molar-refractivity contribution in [3.63, 3.8) is 0 Å². The number of nitriles is 1. The zero-order chi connectivity index (χ0) is 35.5. The second-order valence-electron chi connectivity index (χ2n) is 12.9. The molecule has 3 amide bonds. The van der Waals surface area contributed by atoms with Gasteiger partial charge in [0.25, 0.3) is 24.2 Å². The Balaban J connectivity index is 1.21. The summed E-state index contributed by atoms with van der Waals surface area (Å²) in [7, 11) is 5.63. The molecular weight excluding hydrogens is 640 g/mol. The van der Waals surface area contributed by atoms with Crippen LogP contribution in [0.15, 0.2) is 36.5 Å². The van der Waals surface area contributed by atoms with Gasteiger partial charge in [0.05, 0.1) is 39.1 Å². The van der Waals surface area contributed by atoms with E-state index in [1.54, 1.807) is 41.0 Å². The van der Waals surface area contributed by atoms with Crippen LogP contribution in [-0.4, -0.2) is 114 Å². The Hall–Kier alpha value is -5.36. The number of benzene rings is 2. The van der Waals surface area contributed by atoms with Crippen molar-refractivity contribution >= 4 is 29.9 Å². The summed E-state index contributed by atoms with van der Waals surface area (Å²) in [6, 6.07) is 9.00. The zero-order valence-electron chi connectivity index (χ0n) is 27.8. The minimum absolute atomic E-state index is 0.0684. The largest absolute Gasteiger partial charge is 0.476 e. The molecule has 2 aliphatic heterocycles. The molecule has 2 aliphatic rings. The average Bonchev–Trinajstić information content (AvgIpc) is 3.47. The number of imidazole rings is 1. The lowest BCUT2D eigenvalue weighted by Gasteiger charge is -2.45. The number of hydrogen-bond donors (Lipinski definition) is 1. The van der Waals surface area contributed by atoms with Crippen LogP contribution in [0.4, 0.5) is 14.5 Å². The van der Waals surface area contributed by atoms with Crippen molar-refractivity contribution in [3.8, 4) is 23.1 Å². The number of aromatic nitrogens is 2. The second-order valence-corrected chi connectivity index (χ2v) is 12.9. The van der Waals surface area contributed by atoms with Crippen LogP contribution >= 0.6 is 0 Å². The fourth-order valence-electron chi connectivity index (χ4n) is 6.24. The van der Waals surface area contributed by atoms with Gasteiger partial charge in [-0.25, -0.2) is 9.37 Å². The van der Waals surface area contributed by atoms with Gasteiger partial charge in [-0.05, 0) is 42.8 Å². The van der Waals surface area contributed by atoms with Gasteiger partial charge in [0.1, 0.15) is 6.07 Å². The van der Waals surface area contributed by atoms with E-state index in [9.17, 15) is 28.0 Å². The number of rotatable bonds is 9. The molecule has 0 unspecified atom stereocenters. The number of piperazine rings is 1. The minimum Gasteiger partial charge on any atom is -0.476 e. The molecule has 3 aromatic rings. The number of aryl methyl sites for hydroxylation is 1. The summed E-state index contributed by atoms with van der Waals surface area (Å²) in [6.45, 7) is 4.28. The van der Waals surface area contributed by atoms with E-state index in [-0.39, 0.29) is 28.9 Å². The topological polar surface area (TPSA) is 147 Å². The van der Waals surface area contributed by atoms with Crippen molar-refractivity contribution in [2.24, 2.45) is 7.05 Å². The van der Waals surface area contributed by atoms with Crippen LogP contribution < -0.4 is 10.1 Å². The number of quaternary nitrogens is 1.